The van der Waals surface area contributed by atoms with Crippen molar-refractivity contribution in [2.75, 3.05) is 32.8 Å². The minimum Gasteiger partial charge on any atom is -0.379 e. The third kappa shape index (κ3) is 5.61. The smallest absolute Gasteiger partial charge is 0.225 e. The maximum absolute atomic E-state index is 12.7. The number of carbonyl (C=O) groups is 1. The van der Waals surface area contributed by atoms with Crippen LogP contribution in [0.4, 0.5) is 0 Å². The zero-order valence-corrected chi connectivity index (χ0v) is 17.3. The summed E-state index contributed by atoms with van der Waals surface area (Å²) in [6.07, 6.45) is 1.31. The number of hydrogen-bond donors (Lipinski definition) is 1. The van der Waals surface area contributed by atoms with Gasteiger partial charge in [-0.25, -0.2) is 4.98 Å². The first-order chi connectivity index (χ1) is 13.0. The summed E-state index contributed by atoms with van der Waals surface area (Å²) in [7, 11) is 0. The van der Waals surface area contributed by atoms with Crippen LogP contribution < -0.4 is 5.32 Å². The average molecular weight is 388 g/mol. The van der Waals surface area contributed by atoms with E-state index in [0.717, 1.165) is 60.4 Å². The second-order valence-corrected chi connectivity index (χ2v) is 8.42. The van der Waals surface area contributed by atoms with Crippen LogP contribution in [0.1, 0.15) is 28.8 Å². The Hall–Kier alpha value is -1.76. The highest BCUT2D eigenvalue weighted by Crippen LogP contribution is 2.28. The fourth-order valence-corrected chi connectivity index (χ4v) is 4.28. The van der Waals surface area contributed by atoms with E-state index in [1.165, 1.54) is 5.56 Å². The summed E-state index contributed by atoms with van der Waals surface area (Å²) in [6.45, 7) is 10.5. The predicted molar refractivity (Wildman–Crippen MR) is 110 cm³/mol. The lowest BCUT2D eigenvalue weighted by atomic mass is 10.1. The van der Waals surface area contributed by atoms with Gasteiger partial charge in [0.1, 0.15) is 0 Å². The van der Waals surface area contributed by atoms with Crippen molar-refractivity contribution in [3.05, 3.63) is 39.7 Å². The Labute approximate surface area is 165 Å². The minimum absolute atomic E-state index is 0.0760. The summed E-state index contributed by atoms with van der Waals surface area (Å²) in [5.41, 5.74) is 3.24. The zero-order chi connectivity index (χ0) is 19.2. The quantitative estimate of drug-likeness (QED) is 0.793. The number of rotatable bonds is 7. The molecule has 1 atom stereocenters. The van der Waals surface area contributed by atoms with Crippen LogP contribution in [-0.2, 0) is 16.0 Å². The molecule has 1 aromatic carbocycles. The van der Waals surface area contributed by atoms with Gasteiger partial charge in [-0.1, -0.05) is 36.8 Å². The Bertz CT molecular complexity index is 751. The Morgan fingerprint density at radius 2 is 1.96 bits per heavy atom. The first-order valence-corrected chi connectivity index (χ1v) is 10.5. The molecule has 0 saturated carbocycles. The van der Waals surface area contributed by atoms with E-state index in [1.807, 2.05) is 6.92 Å². The second-order valence-electron chi connectivity index (χ2n) is 7.13. The van der Waals surface area contributed by atoms with Crippen molar-refractivity contribution in [2.45, 2.75) is 39.7 Å². The van der Waals surface area contributed by atoms with Gasteiger partial charge in [-0.2, -0.15) is 0 Å². The summed E-state index contributed by atoms with van der Waals surface area (Å²) in [5, 5.41) is 4.21. The Morgan fingerprint density at radius 3 is 2.63 bits per heavy atom. The van der Waals surface area contributed by atoms with Crippen molar-refractivity contribution >= 4 is 17.2 Å². The largest absolute Gasteiger partial charge is 0.379 e. The van der Waals surface area contributed by atoms with E-state index >= 15 is 0 Å². The number of morpholine rings is 1. The lowest BCUT2D eigenvalue weighted by molar-refractivity contribution is -0.121. The van der Waals surface area contributed by atoms with Gasteiger partial charge in [0.2, 0.25) is 5.91 Å². The maximum Gasteiger partial charge on any atom is 0.225 e. The van der Waals surface area contributed by atoms with Crippen LogP contribution in [0.3, 0.4) is 0 Å². The Morgan fingerprint density at radius 1 is 1.26 bits per heavy atom. The number of hydrogen-bond acceptors (Lipinski definition) is 5. The Kier molecular flexibility index (Phi) is 6.99. The summed E-state index contributed by atoms with van der Waals surface area (Å²) in [5.74, 6) is 0.0760. The van der Waals surface area contributed by atoms with E-state index in [1.54, 1.807) is 11.3 Å². The molecule has 1 aromatic heterocycles. The molecule has 0 aliphatic carbocycles. The van der Waals surface area contributed by atoms with E-state index in [2.05, 4.69) is 53.3 Å². The van der Waals surface area contributed by atoms with Crippen LogP contribution in [0.25, 0.3) is 11.3 Å². The van der Waals surface area contributed by atoms with Crippen LogP contribution in [0, 0.1) is 13.8 Å². The minimum atomic E-state index is 0.0760. The molecule has 5 nitrogen and oxygen atoms in total. The normalized spacial score (nSPS) is 16.3. The number of ether oxygens (including phenoxy) is 1. The molecule has 1 aliphatic rings. The van der Waals surface area contributed by atoms with E-state index in [0.29, 0.717) is 6.42 Å². The SMILES string of the molecule is CCC(CN1CCOCC1)NC(=O)Cc1sc(C)nc1-c1ccc(C)cc1. The first kappa shape index (κ1) is 20.0. The molecule has 3 rings (SSSR count). The standard InChI is InChI=1S/C21H29N3O2S/c1-4-18(14-24-9-11-26-12-10-24)23-20(25)13-19-21(22-16(3)27-19)17-7-5-15(2)6-8-17/h5-8,18H,4,9-14H2,1-3H3,(H,23,25). The molecule has 1 unspecified atom stereocenters. The van der Waals surface area contributed by atoms with Gasteiger partial charge in [0, 0.05) is 36.1 Å². The first-order valence-electron chi connectivity index (χ1n) is 9.68. The topological polar surface area (TPSA) is 54.5 Å². The number of aryl methyl sites for hydroxylation is 2. The van der Waals surface area contributed by atoms with Gasteiger partial charge in [-0.15, -0.1) is 11.3 Å². The number of thiazole rings is 1. The van der Waals surface area contributed by atoms with Crippen LogP contribution in [-0.4, -0.2) is 54.7 Å². The third-order valence-corrected chi connectivity index (χ3v) is 5.86. The molecule has 1 amide bonds. The molecular weight excluding hydrogens is 358 g/mol. The molecule has 1 N–H and O–H groups in total. The Balaban J connectivity index is 1.64. The van der Waals surface area contributed by atoms with Crippen molar-refractivity contribution in [3.8, 4) is 11.3 Å². The molecule has 6 heteroatoms. The van der Waals surface area contributed by atoms with Gasteiger partial charge in [0.05, 0.1) is 30.3 Å². The number of amides is 1. The summed E-state index contributed by atoms with van der Waals surface area (Å²) in [4.78, 5) is 20.8. The highest BCUT2D eigenvalue weighted by Gasteiger charge is 2.19. The summed E-state index contributed by atoms with van der Waals surface area (Å²) >= 11 is 1.61. The zero-order valence-electron chi connectivity index (χ0n) is 16.5. The molecule has 2 heterocycles. The van der Waals surface area contributed by atoms with Gasteiger partial charge >= 0.3 is 0 Å². The lowest BCUT2D eigenvalue weighted by Crippen LogP contribution is -2.47. The fourth-order valence-electron chi connectivity index (χ4n) is 3.32. The van der Waals surface area contributed by atoms with Gasteiger partial charge in [0.25, 0.3) is 0 Å². The van der Waals surface area contributed by atoms with Gasteiger partial charge in [-0.3, -0.25) is 9.69 Å². The third-order valence-electron chi connectivity index (χ3n) is 4.89. The molecule has 0 radical (unpaired) electrons. The van der Waals surface area contributed by atoms with Gasteiger partial charge in [-0.05, 0) is 20.3 Å². The van der Waals surface area contributed by atoms with Crippen molar-refractivity contribution in [1.29, 1.82) is 0 Å². The molecule has 2 aromatic rings. The fraction of sp³-hybridized carbons (Fsp3) is 0.524. The average Bonchev–Trinajstić information content (AvgIpc) is 3.02. The number of nitrogens with zero attached hydrogens (tertiary/aromatic N) is 2. The van der Waals surface area contributed by atoms with Crippen LogP contribution in [0.2, 0.25) is 0 Å². The van der Waals surface area contributed by atoms with E-state index in [-0.39, 0.29) is 11.9 Å². The number of nitrogens with one attached hydrogen (secondary N) is 1. The molecule has 0 bridgehead atoms. The number of carbonyl (C=O) groups excluding carboxylic acids is 1. The summed E-state index contributed by atoms with van der Waals surface area (Å²) < 4.78 is 5.41. The highest BCUT2D eigenvalue weighted by atomic mass is 32.1. The van der Waals surface area contributed by atoms with Crippen LogP contribution >= 0.6 is 11.3 Å². The van der Waals surface area contributed by atoms with E-state index < -0.39 is 0 Å². The molecule has 1 aliphatic heterocycles. The molecule has 27 heavy (non-hydrogen) atoms. The lowest BCUT2D eigenvalue weighted by Gasteiger charge is -2.30. The van der Waals surface area contributed by atoms with Gasteiger partial charge < -0.3 is 10.1 Å². The number of aromatic nitrogens is 1. The maximum atomic E-state index is 12.7. The molecule has 146 valence electrons. The van der Waals surface area contributed by atoms with Crippen LogP contribution in [0.5, 0.6) is 0 Å². The molecule has 1 saturated heterocycles. The molecule has 0 spiro atoms. The molecule has 1 fully saturated rings. The monoisotopic (exact) mass is 387 g/mol. The number of benzene rings is 1. The van der Waals surface area contributed by atoms with E-state index in [4.69, 9.17) is 4.74 Å². The van der Waals surface area contributed by atoms with Crippen LogP contribution in [0.15, 0.2) is 24.3 Å². The molecular formula is C21H29N3O2S. The van der Waals surface area contributed by atoms with Crippen molar-refractivity contribution in [3.63, 3.8) is 0 Å². The van der Waals surface area contributed by atoms with Crippen molar-refractivity contribution < 1.29 is 9.53 Å². The highest BCUT2D eigenvalue weighted by molar-refractivity contribution is 7.12. The second kappa shape index (κ2) is 9.44. The van der Waals surface area contributed by atoms with Gasteiger partial charge in [0.15, 0.2) is 0 Å². The summed E-state index contributed by atoms with van der Waals surface area (Å²) in [6, 6.07) is 8.51. The van der Waals surface area contributed by atoms with Crippen molar-refractivity contribution in [2.24, 2.45) is 0 Å². The predicted octanol–water partition coefficient (Wildman–Crippen LogP) is 3.20. The van der Waals surface area contributed by atoms with Crippen molar-refractivity contribution in [1.82, 2.24) is 15.2 Å². The van der Waals surface area contributed by atoms with E-state index in [9.17, 15) is 4.79 Å².